The highest BCUT2D eigenvalue weighted by Crippen LogP contribution is 2.26. The van der Waals surface area contributed by atoms with Gasteiger partial charge in [-0.2, -0.15) is 0 Å². The van der Waals surface area contributed by atoms with Gasteiger partial charge in [0.15, 0.2) is 0 Å². The van der Waals surface area contributed by atoms with E-state index in [4.69, 9.17) is 15.2 Å². The van der Waals surface area contributed by atoms with Crippen LogP contribution in [0.25, 0.3) is 0 Å². The van der Waals surface area contributed by atoms with Crippen LogP contribution in [-0.4, -0.2) is 25.9 Å². The monoisotopic (exact) mass is 259 g/mol. The summed E-state index contributed by atoms with van der Waals surface area (Å²) in [5.41, 5.74) is 6.33. The van der Waals surface area contributed by atoms with Crippen LogP contribution in [0.3, 0.4) is 0 Å². The van der Waals surface area contributed by atoms with E-state index >= 15 is 0 Å². The van der Waals surface area contributed by atoms with E-state index in [0.29, 0.717) is 12.6 Å². The zero-order chi connectivity index (χ0) is 13.5. The highest BCUT2D eigenvalue weighted by atomic mass is 16.5. The first-order chi connectivity index (χ1) is 9.33. The Morgan fingerprint density at radius 1 is 1.26 bits per heavy atom. The Morgan fingerprint density at radius 3 is 2.84 bits per heavy atom. The van der Waals surface area contributed by atoms with E-state index in [0.717, 1.165) is 37.0 Å². The molecular weight excluding hydrogens is 238 g/mol. The fourth-order valence-electron chi connectivity index (χ4n) is 2.42. The second kappa shape index (κ2) is 7.18. The van der Waals surface area contributed by atoms with E-state index in [2.05, 4.69) is 11.8 Å². The molecule has 0 bridgehead atoms. The van der Waals surface area contributed by atoms with Gasteiger partial charge < -0.3 is 15.2 Å². The molecule has 0 spiro atoms. The van der Waals surface area contributed by atoms with Crippen LogP contribution in [0.1, 0.15) is 31.2 Å². The van der Waals surface area contributed by atoms with Crippen LogP contribution in [0.5, 0.6) is 5.75 Å². The van der Waals surface area contributed by atoms with E-state index in [1.807, 2.05) is 24.3 Å². The molecule has 1 saturated carbocycles. The third-order valence-electron chi connectivity index (χ3n) is 3.42. The smallest absolute Gasteiger partial charge is 0.135 e. The Labute approximate surface area is 115 Å². The van der Waals surface area contributed by atoms with Crippen molar-refractivity contribution >= 4 is 0 Å². The van der Waals surface area contributed by atoms with Crippen LogP contribution in [0.4, 0.5) is 0 Å². The summed E-state index contributed by atoms with van der Waals surface area (Å²) in [6.07, 6.45) is 4.86. The number of para-hydroxylation sites is 1. The van der Waals surface area contributed by atoms with Crippen molar-refractivity contribution in [1.29, 1.82) is 0 Å². The van der Waals surface area contributed by atoms with Crippen molar-refractivity contribution in [2.24, 2.45) is 5.73 Å². The van der Waals surface area contributed by atoms with Crippen molar-refractivity contribution in [2.75, 3.05) is 13.7 Å². The number of rotatable bonds is 3. The van der Waals surface area contributed by atoms with Gasteiger partial charge in [0.25, 0.3) is 0 Å². The molecule has 2 rings (SSSR count). The lowest BCUT2D eigenvalue weighted by Gasteiger charge is -2.29. The topological polar surface area (TPSA) is 44.5 Å². The van der Waals surface area contributed by atoms with Crippen LogP contribution >= 0.6 is 0 Å². The maximum absolute atomic E-state index is 6.09. The second-order valence-electron chi connectivity index (χ2n) is 4.77. The Kier molecular flexibility index (Phi) is 5.26. The third kappa shape index (κ3) is 3.99. The molecular formula is C16H21NO2. The zero-order valence-electron chi connectivity index (χ0n) is 11.4. The molecule has 1 aromatic carbocycles. The summed E-state index contributed by atoms with van der Waals surface area (Å²) in [6, 6.07) is 7.87. The molecule has 0 aromatic heterocycles. The highest BCUT2D eigenvalue weighted by Gasteiger charge is 2.23. The van der Waals surface area contributed by atoms with Crippen molar-refractivity contribution in [2.45, 2.75) is 37.9 Å². The minimum Gasteiger partial charge on any atom is -0.489 e. The van der Waals surface area contributed by atoms with Crippen molar-refractivity contribution < 1.29 is 9.47 Å². The largest absolute Gasteiger partial charge is 0.489 e. The van der Waals surface area contributed by atoms with Crippen LogP contribution in [0.15, 0.2) is 24.3 Å². The van der Waals surface area contributed by atoms with Gasteiger partial charge in [-0.1, -0.05) is 24.0 Å². The Balaban J connectivity index is 2.06. The molecule has 0 aliphatic heterocycles. The molecule has 1 aliphatic carbocycles. The fourth-order valence-corrected chi connectivity index (χ4v) is 2.42. The Bertz CT molecular complexity index is 461. The number of methoxy groups -OCH3 is 1. The predicted molar refractivity (Wildman–Crippen MR) is 76.1 cm³/mol. The first kappa shape index (κ1) is 13.9. The lowest BCUT2D eigenvalue weighted by Crippen LogP contribution is -2.29. The third-order valence-corrected chi connectivity index (χ3v) is 3.42. The Hall–Kier alpha value is -1.50. The van der Waals surface area contributed by atoms with E-state index in [1.54, 1.807) is 7.11 Å². The number of nitrogens with two attached hydrogens (primary N) is 1. The van der Waals surface area contributed by atoms with Gasteiger partial charge in [0, 0.05) is 13.5 Å². The van der Waals surface area contributed by atoms with E-state index in [9.17, 15) is 0 Å². The number of hydrogen-bond acceptors (Lipinski definition) is 3. The second-order valence-corrected chi connectivity index (χ2v) is 4.77. The molecule has 0 saturated heterocycles. The van der Waals surface area contributed by atoms with Crippen molar-refractivity contribution in [1.82, 2.24) is 0 Å². The molecule has 3 nitrogen and oxygen atoms in total. The summed E-state index contributed by atoms with van der Waals surface area (Å²) < 4.78 is 11.5. The molecule has 102 valence electrons. The molecule has 19 heavy (non-hydrogen) atoms. The summed E-state index contributed by atoms with van der Waals surface area (Å²) in [6.45, 7) is 0.365. The van der Waals surface area contributed by atoms with E-state index in [1.165, 1.54) is 0 Å². The zero-order valence-corrected chi connectivity index (χ0v) is 11.4. The average Bonchev–Trinajstić information content (AvgIpc) is 2.46. The first-order valence-electron chi connectivity index (χ1n) is 6.81. The first-order valence-corrected chi connectivity index (χ1v) is 6.81. The SMILES string of the molecule is COC1CCCC(Oc2ccccc2C#CCN)C1. The van der Waals surface area contributed by atoms with Gasteiger partial charge in [-0.25, -0.2) is 0 Å². The standard InChI is InChI=1S/C16H21NO2/c1-18-14-8-4-9-15(12-14)19-16-10-3-2-6-13(16)7-5-11-17/h2-3,6,10,14-15H,4,8-9,11-12,17H2,1H3. The van der Waals surface area contributed by atoms with Crippen LogP contribution < -0.4 is 10.5 Å². The number of hydrogen-bond donors (Lipinski definition) is 1. The molecule has 2 unspecified atom stereocenters. The predicted octanol–water partition coefficient (Wildman–Crippen LogP) is 2.33. The minimum atomic E-state index is 0.222. The summed E-state index contributed by atoms with van der Waals surface area (Å²) in [5.74, 6) is 6.78. The fraction of sp³-hybridized carbons (Fsp3) is 0.500. The van der Waals surface area contributed by atoms with E-state index in [-0.39, 0.29) is 6.10 Å². The molecule has 1 aromatic rings. The maximum atomic E-state index is 6.09. The van der Waals surface area contributed by atoms with Crippen molar-refractivity contribution in [3.05, 3.63) is 29.8 Å². The lowest BCUT2D eigenvalue weighted by molar-refractivity contribution is 0.0209. The van der Waals surface area contributed by atoms with Gasteiger partial charge in [-0.15, -0.1) is 0 Å². The molecule has 0 heterocycles. The molecule has 1 aliphatic rings. The molecule has 3 heteroatoms. The lowest BCUT2D eigenvalue weighted by atomic mass is 9.95. The summed E-state index contributed by atoms with van der Waals surface area (Å²) in [4.78, 5) is 0. The normalized spacial score (nSPS) is 22.4. The van der Waals surface area contributed by atoms with Crippen LogP contribution in [0.2, 0.25) is 0 Å². The van der Waals surface area contributed by atoms with Gasteiger partial charge >= 0.3 is 0 Å². The summed E-state index contributed by atoms with van der Waals surface area (Å²) in [5, 5.41) is 0. The van der Waals surface area contributed by atoms with Crippen LogP contribution in [0, 0.1) is 11.8 Å². The van der Waals surface area contributed by atoms with Gasteiger partial charge in [-0.3, -0.25) is 0 Å². The quantitative estimate of drug-likeness (QED) is 0.847. The molecule has 0 amide bonds. The van der Waals surface area contributed by atoms with E-state index < -0.39 is 0 Å². The minimum absolute atomic E-state index is 0.222. The molecule has 2 atom stereocenters. The van der Waals surface area contributed by atoms with Gasteiger partial charge in [0.2, 0.25) is 0 Å². The average molecular weight is 259 g/mol. The Morgan fingerprint density at radius 2 is 2.05 bits per heavy atom. The van der Waals surface area contributed by atoms with Gasteiger partial charge in [-0.05, 0) is 31.4 Å². The molecule has 1 fully saturated rings. The summed E-state index contributed by atoms with van der Waals surface area (Å²) >= 11 is 0. The number of benzene rings is 1. The van der Waals surface area contributed by atoms with Crippen molar-refractivity contribution in [3.8, 4) is 17.6 Å². The summed E-state index contributed by atoms with van der Waals surface area (Å²) in [7, 11) is 1.77. The highest BCUT2D eigenvalue weighted by molar-refractivity contribution is 5.46. The van der Waals surface area contributed by atoms with Gasteiger partial charge in [0.05, 0.1) is 18.2 Å². The molecule has 2 N–H and O–H groups in total. The number of ether oxygens (including phenoxy) is 2. The van der Waals surface area contributed by atoms with Crippen LogP contribution in [-0.2, 0) is 4.74 Å². The van der Waals surface area contributed by atoms with Crippen molar-refractivity contribution in [3.63, 3.8) is 0 Å². The van der Waals surface area contributed by atoms with Gasteiger partial charge in [0.1, 0.15) is 11.9 Å². The maximum Gasteiger partial charge on any atom is 0.135 e. The molecule has 0 radical (unpaired) electrons.